The number of esters is 1. The number of hydrogen-bond donors (Lipinski definition) is 3. The van der Waals surface area contributed by atoms with Crippen molar-refractivity contribution < 1.29 is 19.1 Å². The van der Waals surface area contributed by atoms with Gasteiger partial charge in [-0.25, -0.2) is 9.59 Å². The molecule has 0 aliphatic rings. The third-order valence-corrected chi connectivity index (χ3v) is 3.78. The zero-order valence-corrected chi connectivity index (χ0v) is 15.1. The van der Waals surface area contributed by atoms with E-state index in [1.54, 1.807) is 0 Å². The molecule has 0 spiro atoms. The average Bonchev–Trinajstić information content (AvgIpc) is 2.47. The van der Waals surface area contributed by atoms with Crippen LogP contribution in [0.4, 0.5) is 10.5 Å². The van der Waals surface area contributed by atoms with Crippen LogP contribution in [0, 0.1) is 0 Å². The fourth-order valence-corrected chi connectivity index (χ4v) is 2.71. The summed E-state index contributed by atoms with van der Waals surface area (Å²) in [7, 11) is 0. The number of nitrogens with one attached hydrogen (secondary N) is 2. The van der Waals surface area contributed by atoms with Crippen molar-refractivity contribution in [2.75, 3.05) is 23.9 Å². The monoisotopic (exact) mass is 393 g/mol. The van der Waals surface area contributed by atoms with E-state index < -0.39 is 30.6 Å². The van der Waals surface area contributed by atoms with Crippen LogP contribution < -0.4 is 16.4 Å². The van der Waals surface area contributed by atoms with Crippen molar-refractivity contribution >= 4 is 58.6 Å². The van der Waals surface area contributed by atoms with Gasteiger partial charge in [0.05, 0.1) is 0 Å². The summed E-state index contributed by atoms with van der Waals surface area (Å²) in [4.78, 5) is 34.6. The number of carbonyl (C=O) groups excluding carboxylic acids is 3. The zero-order chi connectivity index (χ0) is 18.1. The van der Waals surface area contributed by atoms with Gasteiger partial charge >= 0.3 is 12.0 Å². The summed E-state index contributed by atoms with van der Waals surface area (Å²) in [6.07, 6.45) is 2.20. The van der Waals surface area contributed by atoms with Crippen LogP contribution in [0.5, 0.6) is 0 Å². The first kappa shape index (κ1) is 20.4. The Hall–Kier alpha value is -1.64. The Kier molecular flexibility index (Phi) is 8.73. The molecule has 0 unspecified atom stereocenters. The molecule has 0 radical (unpaired) electrons. The van der Waals surface area contributed by atoms with Gasteiger partial charge in [-0.15, -0.1) is 0 Å². The van der Waals surface area contributed by atoms with Crippen LogP contribution in [0.1, 0.15) is 6.42 Å². The standard InChI is InChI=1S/C14H17Cl2N3O4S/c1-24-3-2-11(19-14(17)22)13(21)23-7-12(20)18-10-5-8(15)4-9(16)6-10/h4-6,11H,2-3,7H2,1H3,(H,18,20)(H3,17,19,22)/t11-/m0/s1. The molecule has 4 N–H and O–H groups in total. The highest BCUT2D eigenvalue weighted by molar-refractivity contribution is 7.98. The first-order valence-electron chi connectivity index (χ1n) is 6.79. The number of thioether (sulfide) groups is 1. The SMILES string of the molecule is CSCC[C@H](NC(N)=O)C(=O)OCC(=O)Nc1cc(Cl)cc(Cl)c1. The fraction of sp³-hybridized carbons (Fsp3) is 0.357. The van der Waals surface area contributed by atoms with Crippen molar-refractivity contribution in [3.05, 3.63) is 28.2 Å². The van der Waals surface area contributed by atoms with E-state index in [-0.39, 0.29) is 0 Å². The number of urea groups is 1. The summed E-state index contributed by atoms with van der Waals surface area (Å²) in [5, 5.41) is 5.51. The molecule has 0 heterocycles. The predicted octanol–water partition coefficient (Wildman–Crippen LogP) is 2.27. The molecule has 0 aliphatic heterocycles. The molecular formula is C14H17Cl2N3O4S. The van der Waals surface area contributed by atoms with Crippen molar-refractivity contribution in [3.63, 3.8) is 0 Å². The lowest BCUT2D eigenvalue weighted by atomic mass is 10.2. The van der Waals surface area contributed by atoms with Gasteiger partial charge in [-0.2, -0.15) is 11.8 Å². The molecule has 3 amide bonds. The molecule has 0 aliphatic carbocycles. The van der Waals surface area contributed by atoms with Crippen LogP contribution in [0.25, 0.3) is 0 Å². The highest BCUT2D eigenvalue weighted by atomic mass is 35.5. The normalized spacial score (nSPS) is 11.5. The molecule has 10 heteroatoms. The Bertz CT molecular complexity index is 595. The highest BCUT2D eigenvalue weighted by Crippen LogP contribution is 2.22. The van der Waals surface area contributed by atoms with E-state index in [4.69, 9.17) is 33.7 Å². The summed E-state index contributed by atoms with van der Waals surface area (Å²) < 4.78 is 4.90. The Morgan fingerprint density at radius 2 is 1.88 bits per heavy atom. The predicted molar refractivity (Wildman–Crippen MR) is 95.6 cm³/mol. The number of ether oxygens (including phenoxy) is 1. The molecule has 0 saturated carbocycles. The van der Waals surface area contributed by atoms with Gasteiger partial charge in [0.2, 0.25) is 0 Å². The fourth-order valence-electron chi connectivity index (χ4n) is 1.72. The molecule has 24 heavy (non-hydrogen) atoms. The van der Waals surface area contributed by atoms with Crippen LogP contribution in [0.3, 0.4) is 0 Å². The second kappa shape index (κ2) is 10.3. The van der Waals surface area contributed by atoms with Crippen LogP contribution in [-0.4, -0.2) is 42.6 Å². The molecule has 0 aromatic heterocycles. The molecular weight excluding hydrogens is 377 g/mol. The molecule has 0 saturated heterocycles. The summed E-state index contributed by atoms with van der Waals surface area (Å²) in [6, 6.07) is 2.79. The number of carbonyl (C=O) groups is 3. The number of amides is 3. The van der Waals surface area contributed by atoms with E-state index in [2.05, 4.69) is 10.6 Å². The van der Waals surface area contributed by atoms with Gasteiger partial charge in [0.1, 0.15) is 6.04 Å². The lowest BCUT2D eigenvalue weighted by Gasteiger charge is -2.16. The molecule has 1 atom stereocenters. The molecule has 0 fully saturated rings. The van der Waals surface area contributed by atoms with E-state index in [1.807, 2.05) is 6.26 Å². The van der Waals surface area contributed by atoms with E-state index >= 15 is 0 Å². The highest BCUT2D eigenvalue weighted by Gasteiger charge is 2.21. The van der Waals surface area contributed by atoms with E-state index in [1.165, 1.54) is 30.0 Å². The van der Waals surface area contributed by atoms with E-state index in [0.29, 0.717) is 27.9 Å². The number of primary amides is 1. The van der Waals surface area contributed by atoms with Crippen LogP contribution in [0.2, 0.25) is 10.0 Å². The smallest absolute Gasteiger partial charge is 0.329 e. The zero-order valence-electron chi connectivity index (χ0n) is 12.8. The molecule has 1 aromatic rings. The number of halogens is 2. The topological polar surface area (TPSA) is 111 Å². The largest absolute Gasteiger partial charge is 0.454 e. The average molecular weight is 394 g/mol. The third-order valence-electron chi connectivity index (χ3n) is 2.70. The molecule has 132 valence electrons. The molecule has 1 aromatic carbocycles. The molecule has 0 bridgehead atoms. The third kappa shape index (κ3) is 7.76. The van der Waals surface area contributed by atoms with E-state index in [0.717, 1.165) is 0 Å². The van der Waals surface area contributed by atoms with E-state index in [9.17, 15) is 14.4 Å². The Morgan fingerprint density at radius 1 is 1.25 bits per heavy atom. The Balaban J connectivity index is 2.54. The molecule has 7 nitrogen and oxygen atoms in total. The maximum atomic E-state index is 11.9. The summed E-state index contributed by atoms with van der Waals surface area (Å²) in [5.41, 5.74) is 5.40. The quantitative estimate of drug-likeness (QED) is 0.586. The van der Waals surface area contributed by atoms with Gasteiger partial charge in [-0.05, 0) is 36.6 Å². The number of nitrogens with two attached hydrogens (primary N) is 1. The van der Waals surface area contributed by atoms with Gasteiger partial charge in [0.15, 0.2) is 6.61 Å². The van der Waals surface area contributed by atoms with Crippen molar-refractivity contribution in [2.45, 2.75) is 12.5 Å². The lowest BCUT2D eigenvalue weighted by Crippen LogP contribution is -2.45. The maximum Gasteiger partial charge on any atom is 0.329 e. The lowest BCUT2D eigenvalue weighted by molar-refractivity contribution is -0.149. The minimum absolute atomic E-state index is 0.342. The second-order valence-corrected chi connectivity index (χ2v) is 6.52. The number of hydrogen-bond acceptors (Lipinski definition) is 5. The Morgan fingerprint density at radius 3 is 2.42 bits per heavy atom. The van der Waals surface area contributed by atoms with Gasteiger partial charge in [0, 0.05) is 15.7 Å². The first-order chi connectivity index (χ1) is 11.3. The Labute approximate surface area is 153 Å². The summed E-state index contributed by atoms with van der Waals surface area (Å²) >= 11 is 13.1. The van der Waals surface area contributed by atoms with Crippen molar-refractivity contribution in [3.8, 4) is 0 Å². The second-order valence-electron chi connectivity index (χ2n) is 4.66. The number of benzene rings is 1. The summed E-state index contributed by atoms with van der Waals surface area (Å²) in [5.74, 6) is -0.681. The van der Waals surface area contributed by atoms with Gasteiger partial charge in [-0.1, -0.05) is 23.2 Å². The van der Waals surface area contributed by atoms with Gasteiger partial charge in [-0.3, -0.25) is 4.79 Å². The van der Waals surface area contributed by atoms with Crippen molar-refractivity contribution in [2.24, 2.45) is 5.73 Å². The van der Waals surface area contributed by atoms with Gasteiger partial charge in [0.25, 0.3) is 5.91 Å². The van der Waals surface area contributed by atoms with Crippen LogP contribution in [-0.2, 0) is 14.3 Å². The first-order valence-corrected chi connectivity index (χ1v) is 8.94. The maximum absolute atomic E-state index is 11.9. The number of anilines is 1. The molecule has 1 rings (SSSR count). The van der Waals surface area contributed by atoms with Crippen molar-refractivity contribution in [1.82, 2.24) is 5.32 Å². The number of rotatable bonds is 8. The van der Waals surface area contributed by atoms with Crippen LogP contribution in [0.15, 0.2) is 18.2 Å². The van der Waals surface area contributed by atoms with Crippen LogP contribution >= 0.6 is 35.0 Å². The van der Waals surface area contributed by atoms with Crippen molar-refractivity contribution in [1.29, 1.82) is 0 Å². The summed E-state index contributed by atoms with van der Waals surface area (Å²) in [6.45, 7) is -0.515. The minimum Gasteiger partial charge on any atom is -0.454 e. The minimum atomic E-state index is -0.900. The van der Waals surface area contributed by atoms with Gasteiger partial charge < -0.3 is 21.1 Å².